The molecule has 0 saturated carbocycles. The minimum atomic E-state index is -1.92. The fraction of sp³-hybridized carbons (Fsp3) is 0.385. The van der Waals surface area contributed by atoms with Gasteiger partial charge in [-0.2, -0.15) is 0 Å². The van der Waals surface area contributed by atoms with Gasteiger partial charge >= 0.3 is 101 Å². The molecule has 3 heteroatoms. The standard InChI is InChI=1S/2C6H7.CH3O.ClH.Zr/c2*1-6-4-2-3-5-6;1-2;;/h2*2,4H,3H2,1H3;1H3;1H;/q;;-1;;+2/p-1. The van der Waals surface area contributed by atoms with Gasteiger partial charge in [0.15, 0.2) is 0 Å². The van der Waals surface area contributed by atoms with Crippen molar-refractivity contribution in [2.24, 2.45) is 0 Å². The molecule has 0 spiro atoms. The minimum Gasteiger partial charge on any atom is -1.00 e. The second kappa shape index (κ2) is 6.14. The summed E-state index contributed by atoms with van der Waals surface area (Å²) in [5, 5.41) is 0. The van der Waals surface area contributed by atoms with Crippen molar-refractivity contribution in [2.45, 2.75) is 26.7 Å². The van der Waals surface area contributed by atoms with Crippen molar-refractivity contribution < 1.29 is 37.4 Å². The van der Waals surface area contributed by atoms with Crippen LogP contribution in [0.15, 0.2) is 42.0 Å². The molecular formula is C13H17ClOZr. The fourth-order valence-corrected chi connectivity index (χ4v) is 7.97. The maximum Gasteiger partial charge on any atom is -1.00 e. The molecule has 0 aromatic rings. The summed E-state index contributed by atoms with van der Waals surface area (Å²) < 4.78 is 9.11. The SMILES string of the molecule is C[O][Zr+]([C]1=C(C)C=CC1)[C]1=C(C)C=CC1.[Cl-]. The Morgan fingerprint density at radius 1 is 1.00 bits per heavy atom. The molecule has 2 rings (SSSR count). The first kappa shape index (κ1) is 14.2. The number of halogens is 1. The summed E-state index contributed by atoms with van der Waals surface area (Å²) in [6, 6.07) is 0. The third kappa shape index (κ3) is 2.67. The molecular weight excluding hydrogens is 299 g/mol. The Labute approximate surface area is 113 Å². The van der Waals surface area contributed by atoms with Crippen LogP contribution in [0.4, 0.5) is 0 Å². The number of hydrogen-bond acceptors (Lipinski definition) is 1. The number of hydrogen-bond donors (Lipinski definition) is 0. The topological polar surface area (TPSA) is 9.23 Å². The van der Waals surface area contributed by atoms with Crippen molar-refractivity contribution >= 4 is 0 Å². The zero-order valence-electron chi connectivity index (χ0n) is 10.0. The van der Waals surface area contributed by atoms with Crippen LogP contribution in [-0.2, 0) is 25.0 Å². The van der Waals surface area contributed by atoms with Gasteiger partial charge in [0.1, 0.15) is 0 Å². The summed E-state index contributed by atoms with van der Waals surface area (Å²) in [5.74, 6) is 0. The molecule has 0 aromatic carbocycles. The van der Waals surface area contributed by atoms with Gasteiger partial charge in [-0.25, -0.2) is 0 Å². The van der Waals surface area contributed by atoms with Crippen LogP contribution >= 0.6 is 0 Å². The Kier molecular flexibility index (Phi) is 5.43. The molecule has 0 heterocycles. The molecule has 0 aliphatic heterocycles. The first-order valence-corrected chi connectivity index (χ1v) is 8.84. The third-order valence-corrected chi connectivity index (χ3v) is 9.72. The van der Waals surface area contributed by atoms with Crippen LogP contribution in [-0.4, -0.2) is 7.11 Å². The van der Waals surface area contributed by atoms with Crippen LogP contribution in [0.2, 0.25) is 0 Å². The van der Waals surface area contributed by atoms with E-state index in [0.29, 0.717) is 0 Å². The summed E-state index contributed by atoms with van der Waals surface area (Å²) in [6.07, 6.45) is 11.3. The molecule has 2 aliphatic carbocycles. The second-order valence-electron chi connectivity index (χ2n) is 4.07. The Bertz CT molecular complexity index is 355. The fourth-order valence-electron chi connectivity index (χ4n) is 2.20. The predicted octanol–water partition coefficient (Wildman–Crippen LogP) is 0.638. The average molecular weight is 316 g/mol. The van der Waals surface area contributed by atoms with Crippen molar-refractivity contribution in [3.05, 3.63) is 42.0 Å². The number of allylic oxidation sites excluding steroid dienone is 8. The Balaban J connectivity index is 0.00000128. The first-order chi connectivity index (χ1) is 7.24. The van der Waals surface area contributed by atoms with E-state index in [2.05, 4.69) is 38.2 Å². The quantitative estimate of drug-likeness (QED) is 0.742. The summed E-state index contributed by atoms with van der Waals surface area (Å²) >= 11 is -1.92. The average Bonchev–Trinajstić information content (AvgIpc) is 2.80. The molecule has 0 fully saturated rings. The van der Waals surface area contributed by atoms with E-state index in [4.69, 9.17) is 2.81 Å². The zero-order valence-corrected chi connectivity index (χ0v) is 13.2. The summed E-state index contributed by atoms with van der Waals surface area (Å²) in [5.41, 5.74) is 2.91. The summed E-state index contributed by atoms with van der Waals surface area (Å²) in [4.78, 5) is 0. The molecule has 0 N–H and O–H groups in total. The summed E-state index contributed by atoms with van der Waals surface area (Å²) in [7, 11) is 1.89. The Morgan fingerprint density at radius 3 is 1.69 bits per heavy atom. The Morgan fingerprint density at radius 2 is 1.44 bits per heavy atom. The summed E-state index contributed by atoms with van der Waals surface area (Å²) in [6.45, 7) is 4.44. The van der Waals surface area contributed by atoms with Crippen LogP contribution < -0.4 is 12.4 Å². The largest absolute Gasteiger partial charge is 1.00 e. The monoisotopic (exact) mass is 314 g/mol. The normalized spacial score (nSPS) is 18.4. The van der Waals surface area contributed by atoms with Gasteiger partial charge in [-0.3, -0.25) is 0 Å². The van der Waals surface area contributed by atoms with E-state index in [0.717, 1.165) is 12.8 Å². The van der Waals surface area contributed by atoms with Crippen molar-refractivity contribution in [3.8, 4) is 0 Å². The molecule has 0 bridgehead atoms. The van der Waals surface area contributed by atoms with E-state index >= 15 is 0 Å². The zero-order chi connectivity index (χ0) is 10.8. The molecule has 16 heavy (non-hydrogen) atoms. The van der Waals surface area contributed by atoms with Crippen LogP contribution in [0, 0.1) is 0 Å². The molecule has 0 atom stereocenters. The van der Waals surface area contributed by atoms with E-state index in [1.54, 1.807) is 6.56 Å². The van der Waals surface area contributed by atoms with Gasteiger partial charge in [0.2, 0.25) is 0 Å². The van der Waals surface area contributed by atoms with Gasteiger partial charge < -0.3 is 12.4 Å². The Hall–Kier alpha value is 0.0931. The second-order valence-corrected chi connectivity index (χ2v) is 9.66. The molecule has 2 aliphatic rings. The first-order valence-electron chi connectivity index (χ1n) is 5.38. The molecule has 0 aromatic heterocycles. The van der Waals surface area contributed by atoms with Crippen LogP contribution in [0.3, 0.4) is 0 Å². The van der Waals surface area contributed by atoms with E-state index in [9.17, 15) is 0 Å². The van der Waals surface area contributed by atoms with Crippen molar-refractivity contribution in [1.82, 2.24) is 0 Å². The van der Waals surface area contributed by atoms with Gasteiger partial charge in [-0.1, -0.05) is 0 Å². The maximum atomic E-state index is 5.86. The van der Waals surface area contributed by atoms with E-state index in [-0.39, 0.29) is 12.4 Å². The van der Waals surface area contributed by atoms with Crippen LogP contribution in [0.1, 0.15) is 26.7 Å². The van der Waals surface area contributed by atoms with Crippen LogP contribution in [0.5, 0.6) is 0 Å². The third-order valence-electron chi connectivity index (χ3n) is 3.08. The van der Waals surface area contributed by atoms with E-state index in [1.807, 2.05) is 7.11 Å². The molecule has 0 radical (unpaired) electrons. The molecule has 0 unspecified atom stereocenters. The molecule has 0 amide bonds. The minimum absolute atomic E-state index is 0. The molecule has 1 nitrogen and oxygen atoms in total. The van der Waals surface area contributed by atoms with Gasteiger partial charge in [0.25, 0.3) is 0 Å². The molecule has 86 valence electrons. The van der Waals surface area contributed by atoms with Crippen molar-refractivity contribution in [2.75, 3.05) is 7.11 Å². The van der Waals surface area contributed by atoms with Gasteiger partial charge in [0, 0.05) is 0 Å². The molecule has 0 saturated heterocycles. The van der Waals surface area contributed by atoms with Gasteiger partial charge in [-0.15, -0.1) is 0 Å². The van der Waals surface area contributed by atoms with Crippen LogP contribution in [0.25, 0.3) is 0 Å². The van der Waals surface area contributed by atoms with E-state index < -0.39 is 22.2 Å². The van der Waals surface area contributed by atoms with Crippen molar-refractivity contribution in [1.29, 1.82) is 0 Å². The smallest absolute Gasteiger partial charge is 1.00 e. The maximum absolute atomic E-state index is 5.86. The van der Waals surface area contributed by atoms with E-state index in [1.165, 1.54) is 11.1 Å². The van der Waals surface area contributed by atoms with Crippen molar-refractivity contribution in [3.63, 3.8) is 0 Å². The van der Waals surface area contributed by atoms with Gasteiger partial charge in [-0.05, 0) is 0 Å². The van der Waals surface area contributed by atoms with Gasteiger partial charge in [0.05, 0.1) is 0 Å². The number of rotatable bonds is 3. The predicted molar refractivity (Wildman–Crippen MR) is 59.9 cm³/mol.